The maximum absolute atomic E-state index is 5.76. The third kappa shape index (κ3) is 3.16. The van der Waals surface area contributed by atoms with Crippen molar-refractivity contribution in [1.82, 2.24) is 0 Å². The third-order valence-corrected chi connectivity index (χ3v) is 3.47. The van der Waals surface area contributed by atoms with Crippen LogP contribution in [0.15, 0.2) is 24.3 Å². The fourth-order valence-corrected chi connectivity index (χ4v) is 2.21. The second-order valence-electron chi connectivity index (χ2n) is 3.91. The molecule has 0 atom stereocenters. The smallest absolute Gasteiger partial charge is 0.213 e. The standard InChI is InChI=1S/C13H17BrO4/c1-2-15-11-5-3-4-6-12(11)16-10-13(9-14)17-7-8-18-13/h3-6H,2,7-10H2,1H3. The molecular weight excluding hydrogens is 300 g/mol. The van der Waals surface area contributed by atoms with Crippen molar-refractivity contribution in [2.75, 3.05) is 31.8 Å². The van der Waals surface area contributed by atoms with Gasteiger partial charge in [0.1, 0.15) is 6.61 Å². The zero-order chi connectivity index (χ0) is 12.8. The first-order valence-corrected chi connectivity index (χ1v) is 7.10. The highest BCUT2D eigenvalue weighted by Crippen LogP contribution is 2.29. The van der Waals surface area contributed by atoms with E-state index in [9.17, 15) is 0 Å². The molecule has 1 aromatic rings. The molecule has 5 heteroatoms. The molecule has 18 heavy (non-hydrogen) atoms. The SMILES string of the molecule is CCOc1ccccc1OCC1(CBr)OCCO1. The van der Waals surface area contributed by atoms with Gasteiger partial charge in [-0.05, 0) is 19.1 Å². The molecule has 0 saturated carbocycles. The summed E-state index contributed by atoms with van der Waals surface area (Å²) < 4.78 is 22.4. The molecule has 0 radical (unpaired) electrons. The van der Waals surface area contributed by atoms with Gasteiger partial charge in [-0.15, -0.1) is 0 Å². The van der Waals surface area contributed by atoms with Crippen molar-refractivity contribution in [3.8, 4) is 11.5 Å². The number of para-hydroxylation sites is 2. The summed E-state index contributed by atoms with van der Waals surface area (Å²) in [7, 11) is 0. The predicted molar refractivity (Wildman–Crippen MR) is 71.5 cm³/mol. The molecule has 1 aromatic carbocycles. The van der Waals surface area contributed by atoms with E-state index in [2.05, 4.69) is 15.9 Å². The van der Waals surface area contributed by atoms with Gasteiger partial charge in [0.2, 0.25) is 5.79 Å². The fraction of sp³-hybridized carbons (Fsp3) is 0.538. The first-order chi connectivity index (χ1) is 8.79. The van der Waals surface area contributed by atoms with E-state index < -0.39 is 5.79 Å². The van der Waals surface area contributed by atoms with E-state index in [0.717, 1.165) is 5.75 Å². The molecule has 0 N–H and O–H groups in total. The van der Waals surface area contributed by atoms with Crippen molar-refractivity contribution in [2.45, 2.75) is 12.7 Å². The van der Waals surface area contributed by atoms with Crippen molar-refractivity contribution in [2.24, 2.45) is 0 Å². The Bertz CT molecular complexity index is 377. The molecule has 4 nitrogen and oxygen atoms in total. The van der Waals surface area contributed by atoms with Crippen molar-refractivity contribution >= 4 is 15.9 Å². The number of hydrogen-bond acceptors (Lipinski definition) is 4. The third-order valence-electron chi connectivity index (χ3n) is 2.61. The average molecular weight is 317 g/mol. The normalized spacial score (nSPS) is 17.7. The summed E-state index contributed by atoms with van der Waals surface area (Å²) in [6.45, 7) is 4.09. The maximum Gasteiger partial charge on any atom is 0.213 e. The van der Waals surface area contributed by atoms with Gasteiger partial charge < -0.3 is 18.9 Å². The topological polar surface area (TPSA) is 36.9 Å². The van der Waals surface area contributed by atoms with Gasteiger partial charge in [0.25, 0.3) is 0 Å². The van der Waals surface area contributed by atoms with E-state index in [1.807, 2.05) is 31.2 Å². The van der Waals surface area contributed by atoms with Crippen LogP contribution in [0.4, 0.5) is 0 Å². The quantitative estimate of drug-likeness (QED) is 0.756. The summed E-state index contributed by atoms with van der Waals surface area (Å²) in [5.41, 5.74) is 0. The summed E-state index contributed by atoms with van der Waals surface area (Å²) in [5.74, 6) is 0.765. The van der Waals surface area contributed by atoms with E-state index in [4.69, 9.17) is 18.9 Å². The van der Waals surface area contributed by atoms with Crippen LogP contribution in [0.2, 0.25) is 0 Å². The molecule has 0 aliphatic carbocycles. The van der Waals surface area contributed by atoms with E-state index in [0.29, 0.717) is 37.5 Å². The highest BCUT2D eigenvalue weighted by molar-refractivity contribution is 9.09. The van der Waals surface area contributed by atoms with Crippen molar-refractivity contribution in [3.63, 3.8) is 0 Å². The largest absolute Gasteiger partial charge is 0.490 e. The molecule has 1 aliphatic rings. The molecule has 2 rings (SSSR count). The van der Waals surface area contributed by atoms with E-state index >= 15 is 0 Å². The Labute approximate surface area is 115 Å². The Morgan fingerprint density at radius 3 is 2.33 bits per heavy atom. The van der Waals surface area contributed by atoms with Gasteiger partial charge in [-0.3, -0.25) is 0 Å². The fourth-order valence-electron chi connectivity index (χ4n) is 1.73. The lowest BCUT2D eigenvalue weighted by Crippen LogP contribution is -2.39. The van der Waals surface area contributed by atoms with Crippen LogP contribution in [0.3, 0.4) is 0 Å². The summed E-state index contributed by atoms with van der Waals surface area (Å²) in [6.07, 6.45) is 0. The highest BCUT2D eigenvalue weighted by atomic mass is 79.9. The summed E-state index contributed by atoms with van der Waals surface area (Å²) in [5, 5.41) is 0.580. The average Bonchev–Trinajstić information content (AvgIpc) is 2.88. The van der Waals surface area contributed by atoms with E-state index in [1.165, 1.54) is 0 Å². The number of benzene rings is 1. The zero-order valence-electron chi connectivity index (χ0n) is 10.4. The Morgan fingerprint density at radius 1 is 1.17 bits per heavy atom. The first kappa shape index (κ1) is 13.6. The van der Waals surface area contributed by atoms with Crippen molar-refractivity contribution in [3.05, 3.63) is 24.3 Å². The number of rotatable bonds is 6. The van der Waals surface area contributed by atoms with E-state index in [1.54, 1.807) is 0 Å². The molecule has 1 aliphatic heterocycles. The molecule has 0 unspecified atom stereocenters. The molecule has 1 fully saturated rings. The van der Waals surface area contributed by atoms with Crippen LogP contribution in [0, 0.1) is 0 Å². The Hall–Kier alpha value is -0.780. The summed E-state index contributed by atoms with van der Waals surface area (Å²) >= 11 is 3.39. The van der Waals surface area contributed by atoms with Crippen LogP contribution >= 0.6 is 15.9 Å². The molecule has 0 bridgehead atoms. The lowest BCUT2D eigenvalue weighted by Gasteiger charge is -2.25. The second kappa shape index (κ2) is 6.41. The van der Waals surface area contributed by atoms with Crippen molar-refractivity contribution in [1.29, 1.82) is 0 Å². The van der Waals surface area contributed by atoms with Gasteiger partial charge in [-0.25, -0.2) is 0 Å². The summed E-state index contributed by atoms with van der Waals surface area (Å²) in [6, 6.07) is 7.59. The van der Waals surface area contributed by atoms with Crippen LogP contribution in [0.5, 0.6) is 11.5 Å². The number of alkyl halides is 1. The molecule has 0 aromatic heterocycles. The number of ether oxygens (including phenoxy) is 4. The highest BCUT2D eigenvalue weighted by Gasteiger charge is 2.36. The predicted octanol–water partition coefficient (Wildman–Crippen LogP) is 2.60. The van der Waals surface area contributed by atoms with Crippen LogP contribution in [-0.4, -0.2) is 37.5 Å². The Kier molecular flexibility index (Phi) is 4.86. The van der Waals surface area contributed by atoms with E-state index in [-0.39, 0.29) is 0 Å². The zero-order valence-corrected chi connectivity index (χ0v) is 11.9. The summed E-state index contributed by atoms with van der Waals surface area (Å²) in [4.78, 5) is 0. The minimum Gasteiger partial charge on any atom is -0.490 e. The first-order valence-electron chi connectivity index (χ1n) is 5.98. The number of halogens is 1. The molecule has 1 heterocycles. The van der Waals surface area contributed by atoms with Crippen LogP contribution in [-0.2, 0) is 9.47 Å². The molecule has 1 saturated heterocycles. The van der Waals surface area contributed by atoms with Crippen molar-refractivity contribution < 1.29 is 18.9 Å². The maximum atomic E-state index is 5.76. The monoisotopic (exact) mass is 316 g/mol. The van der Waals surface area contributed by atoms with Gasteiger partial charge in [0.05, 0.1) is 25.2 Å². The van der Waals surface area contributed by atoms with Gasteiger partial charge in [0.15, 0.2) is 11.5 Å². The van der Waals surface area contributed by atoms with Crippen LogP contribution in [0.1, 0.15) is 6.92 Å². The molecule has 100 valence electrons. The molecule has 0 amide bonds. The molecular formula is C13H17BrO4. The van der Waals surface area contributed by atoms with Crippen LogP contribution < -0.4 is 9.47 Å². The minimum atomic E-state index is -0.681. The molecule has 0 spiro atoms. The lowest BCUT2D eigenvalue weighted by atomic mass is 10.3. The van der Waals surface area contributed by atoms with Gasteiger partial charge in [0, 0.05) is 0 Å². The Morgan fingerprint density at radius 2 is 1.78 bits per heavy atom. The lowest BCUT2D eigenvalue weighted by molar-refractivity contribution is -0.157. The Balaban J connectivity index is 2.00. The minimum absolute atomic E-state index is 0.336. The van der Waals surface area contributed by atoms with Gasteiger partial charge in [-0.2, -0.15) is 0 Å². The number of hydrogen-bond donors (Lipinski definition) is 0. The van der Waals surface area contributed by atoms with Gasteiger partial charge in [-0.1, -0.05) is 28.1 Å². The second-order valence-corrected chi connectivity index (χ2v) is 4.47. The van der Waals surface area contributed by atoms with Crippen LogP contribution in [0.25, 0.3) is 0 Å². The van der Waals surface area contributed by atoms with Gasteiger partial charge >= 0.3 is 0 Å².